The van der Waals surface area contributed by atoms with E-state index in [2.05, 4.69) is 55.1 Å². The lowest BCUT2D eigenvalue weighted by Crippen LogP contribution is -2.51. The summed E-state index contributed by atoms with van der Waals surface area (Å²) in [6, 6.07) is 0.404. The molecule has 0 radical (unpaired) electrons. The van der Waals surface area contributed by atoms with Crippen LogP contribution in [0.3, 0.4) is 0 Å². The number of nitrogens with one attached hydrogen (secondary N) is 2. The maximum atomic E-state index is 5.85. The van der Waals surface area contributed by atoms with Gasteiger partial charge in [-0.3, -0.25) is 9.89 Å². The average Bonchev–Trinajstić information content (AvgIpc) is 2.42. The summed E-state index contributed by atoms with van der Waals surface area (Å²) in [5.74, 6) is 2.15. The molecule has 5 nitrogen and oxygen atoms in total. The molecule has 1 aliphatic rings. The summed E-state index contributed by atoms with van der Waals surface area (Å²) in [6.07, 6.45) is 0.241. The molecule has 2 atom stereocenters. The van der Waals surface area contributed by atoms with Crippen LogP contribution in [-0.4, -0.2) is 62.8 Å². The van der Waals surface area contributed by atoms with Gasteiger partial charge in [-0.2, -0.15) is 0 Å². The van der Waals surface area contributed by atoms with Crippen molar-refractivity contribution in [3.05, 3.63) is 0 Å². The molecule has 0 spiro atoms. The topological polar surface area (TPSA) is 48.9 Å². The molecule has 1 rings (SSSR count). The van der Waals surface area contributed by atoms with Gasteiger partial charge in [0, 0.05) is 39.3 Å². The monoisotopic (exact) mass is 426 g/mol. The summed E-state index contributed by atoms with van der Waals surface area (Å²) in [6.45, 7) is 16.0. The van der Waals surface area contributed by atoms with Gasteiger partial charge in [-0.15, -0.1) is 24.0 Å². The van der Waals surface area contributed by atoms with Crippen LogP contribution in [0.1, 0.15) is 34.6 Å². The molecular formula is C16H35IN4O. The first-order chi connectivity index (χ1) is 9.92. The van der Waals surface area contributed by atoms with E-state index >= 15 is 0 Å². The number of nitrogens with zero attached hydrogens (tertiary/aromatic N) is 2. The van der Waals surface area contributed by atoms with Crippen LogP contribution in [0.5, 0.6) is 0 Å². The Morgan fingerprint density at radius 3 is 2.50 bits per heavy atom. The van der Waals surface area contributed by atoms with E-state index in [1.165, 1.54) is 0 Å². The largest absolute Gasteiger partial charge is 0.374 e. The van der Waals surface area contributed by atoms with E-state index in [4.69, 9.17) is 4.74 Å². The Bertz CT molecular complexity index is 323. The first-order valence-electron chi connectivity index (χ1n) is 8.23. The Labute approximate surface area is 153 Å². The Kier molecular flexibility index (Phi) is 11.4. The number of hydrogen-bond acceptors (Lipinski definition) is 3. The Hall–Kier alpha value is -0.0800. The number of rotatable bonds is 6. The molecule has 0 bridgehead atoms. The number of aliphatic imine (C=N–C) groups is 1. The van der Waals surface area contributed by atoms with Crippen LogP contribution in [0, 0.1) is 11.8 Å². The first kappa shape index (κ1) is 21.9. The van der Waals surface area contributed by atoms with Gasteiger partial charge in [0.25, 0.3) is 0 Å². The number of guanidine groups is 1. The average molecular weight is 426 g/mol. The second-order valence-corrected chi connectivity index (χ2v) is 6.78. The Morgan fingerprint density at radius 2 is 1.95 bits per heavy atom. The molecule has 1 saturated heterocycles. The van der Waals surface area contributed by atoms with Crippen molar-refractivity contribution in [2.45, 2.75) is 46.8 Å². The molecule has 2 N–H and O–H groups in total. The molecule has 0 aliphatic carbocycles. The Balaban J connectivity index is 0.00000441. The van der Waals surface area contributed by atoms with Gasteiger partial charge in [-0.1, -0.05) is 27.7 Å². The third kappa shape index (κ3) is 8.53. The van der Waals surface area contributed by atoms with Gasteiger partial charge < -0.3 is 15.4 Å². The molecule has 0 aromatic heterocycles. The van der Waals surface area contributed by atoms with Crippen LogP contribution in [-0.2, 0) is 4.74 Å². The van der Waals surface area contributed by atoms with Crippen LogP contribution in [0.25, 0.3) is 0 Å². The highest BCUT2D eigenvalue weighted by Gasteiger charge is 2.21. The minimum absolute atomic E-state index is 0. The number of hydrogen-bond donors (Lipinski definition) is 2. The molecule has 132 valence electrons. The Morgan fingerprint density at radius 1 is 1.27 bits per heavy atom. The van der Waals surface area contributed by atoms with Crippen LogP contribution in [0.15, 0.2) is 4.99 Å². The lowest BCUT2D eigenvalue weighted by atomic mass is 10.1. The van der Waals surface area contributed by atoms with Crippen molar-refractivity contribution >= 4 is 29.9 Å². The maximum absolute atomic E-state index is 5.85. The van der Waals surface area contributed by atoms with Gasteiger partial charge in [-0.25, -0.2) is 0 Å². The molecular weight excluding hydrogens is 391 g/mol. The minimum atomic E-state index is 0. The molecule has 1 fully saturated rings. The zero-order valence-corrected chi connectivity index (χ0v) is 17.4. The summed E-state index contributed by atoms with van der Waals surface area (Å²) in [7, 11) is 1.81. The smallest absolute Gasteiger partial charge is 0.191 e. The lowest BCUT2D eigenvalue weighted by Gasteiger charge is -2.34. The maximum Gasteiger partial charge on any atom is 0.191 e. The van der Waals surface area contributed by atoms with Crippen molar-refractivity contribution in [3.8, 4) is 0 Å². The van der Waals surface area contributed by atoms with E-state index in [9.17, 15) is 0 Å². The molecule has 1 heterocycles. The molecule has 0 amide bonds. The summed E-state index contributed by atoms with van der Waals surface area (Å²) in [5.41, 5.74) is 0. The molecule has 0 saturated carbocycles. The van der Waals surface area contributed by atoms with E-state index in [0.29, 0.717) is 17.9 Å². The van der Waals surface area contributed by atoms with Crippen molar-refractivity contribution < 1.29 is 4.74 Å². The van der Waals surface area contributed by atoms with Gasteiger partial charge in [0.1, 0.15) is 0 Å². The fraction of sp³-hybridized carbons (Fsp3) is 0.938. The second kappa shape index (κ2) is 11.5. The highest BCUT2D eigenvalue weighted by Crippen LogP contribution is 2.07. The van der Waals surface area contributed by atoms with Crippen LogP contribution in [0.4, 0.5) is 0 Å². The zero-order valence-electron chi connectivity index (χ0n) is 15.1. The quantitative estimate of drug-likeness (QED) is 0.388. The van der Waals surface area contributed by atoms with E-state index in [1.807, 2.05) is 7.05 Å². The predicted molar refractivity (Wildman–Crippen MR) is 105 cm³/mol. The molecule has 0 aromatic rings. The standard InChI is InChI=1S/C16H34N4O.HI/c1-12(2)10-20-7-8-21-15(11-20)9-18-16(17-6)19-14(5)13(3)4;/h12-15H,7-11H2,1-6H3,(H2,17,18,19);1H. The molecule has 2 unspecified atom stereocenters. The van der Waals surface area contributed by atoms with E-state index in [0.717, 1.165) is 38.7 Å². The van der Waals surface area contributed by atoms with Gasteiger partial charge in [0.05, 0.1) is 12.7 Å². The van der Waals surface area contributed by atoms with E-state index in [-0.39, 0.29) is 30.1 Å². The number of morpholine rings is 1. The van der Waals surface area contributed by atoms with Crippen LogP contribution >= 0.6 is 24.0 Å². The fourth-order valence-electron chi connectivity index (χ4n) is 2.37. The van der Waals surface area contributed by atoms with Crippen molar-refractivity contribution in [3.63, 3.8) is 0 Å². The SMILES string of the molecule is CN=C(NCC1CN(CC(C)C)CCO1)NC(C)C(C)C.I. The lowest BCUT2D eigenvalue weighted by molar-refractivity contribution is -0.0284. The second-order valence-electron chi connectivity index (χ2n) is 6.78. The molecule has 22 heavy (non-hydrogen) atoms. The number of ether oxygens (including phenoxy) is 1. The fourth-order valence-corrected chi connectivity index (χ4v) is 2.37. The van der Waals surface area contributed by atoms with Gasteiger partial charge in [0.15, 0.2) is 5.96 Å². The molecule has 6 heteroatoms. The van der Waals surface area contributed by atoms with Gasteiger partial charge >= 0.3 is 0 Å². The van der Waals surface area contributed by atoms with Crippen molar-refractivity contribution in [1.29, 1.82) is 0 Å². The summed E-state index contributed by atoms with van der Waals surface area (Å²) in [4.78, 5) is 6.78. The summed E-state index contributed by atoms with van der Waals surface area (Å²) >= 11 is 0. The normalized spacial score (nSPS) is 21.6. The van der Waals surface area contributed by atoms with E-state index in [1.54, 1.807) is 0 Å². The number of halogens is 1. The van der Waals surface area contributed by atoms with E-state index < -0.39 is 0 Å². The van der Waals surface area contributed by atoms with Crippen molar-refractivity contribution in [1.82, 2.24) is 15.5 Å². The minimum Gasteiger partial charge on any atom is -0.374 e. The van der Waals surface area contributed by atoms with Gasteiger partial charge in [-0.05, 0) is 18.8 Å². The first-order valence-corrected chi connectivity index (χ1v) is 8.23. The molecule has 0 aromatic carbocycles. The van der Waals surface area contributed by atoms with Crippen LogP contribution in [0.2, 0.25) is 0 Å². The zero-order chi connectivity index (χ0) is 15.8. The molecule has 1 aliphatic heterocycles. The predicted octanol–water partition coefficient (Wildman–Crippen LogP) is 2.17. The van der Waals surface area contributed by atoms with Gasteiger partial charge in [0.2, 0.25) is 0 Å². The highest BCUT2D eigenvalue weighted by molar-refractivity contribution is 14.0. The third-order valence-electron chi connectivity index (χ3n) is 3.93. The summed E-state index contributed by atoms with van der Waals surface area (Å²) in [5, 5.41) is 6.80. The summed E-state index contributed by atoms with van der Waals surface area (Å²) < 4.78 is 5.85. The van der Waals surface area contributed by atoms with Crippen LogP contribution < -0.4 is 10.6 Å². The highest BCUT2D eigenvalue weighted by atomic mass is 127. The van der Waals surface area contributed by atoms with Crippen molar-refractivity contribution in [2.24, 2.45) is 16.8 Å². The third-order valence-corrected chi connectivity index (χ3v) is 3.93. The van der Waals surface area contributed by atoms with Crippen molar-refractivity contribution in [2.75, 3.05) is 39.8 Å².